The molecule has 0 spiro atoms. The molecule has 0 amide bonds. The Kier molecular flexibility index (Phi) is 12.6. The Morgan fingerprint density at radius 2 is 1.60 bits per heavy atom. The Hall–Kier alpha value is 0.290. The van der Waals surface area contributed by atoms with Gasteiger partial charge in [-0.1, -0.05) is 46.8 Å². The first-order chi connectivity index (χ1) is 21.3. The van der Waals surface area contributed by atoms with Gasteiger partial charge in [0.15, 0.2) is 6.29 Å². The number of allylic oxidation sites excluding steroid dienone is 2. The van der Waals surface area contributed by atoms with Gasteiger partial charge in [0.2, 0.25) is 10.4 Å². The van der Waals surface area contributed by atoms with E-state index in [1.165, 1.54) is 0 Å². The van der Waals surface area contributed by atoms with Crippen molar-refractivity contribution in [3.05, 3.63) is 12.2 Å². The predicted octanol–water partition coefficient (Wildman–Crippen LogP) is -1.53. The van der Waals surface area contributed by atoms with Crippen molar-refractivity contribution in [3.63, 3.8) is 0 Å². The summed E-state index contributed by atoms with van der Waals surface area (Å²) < 4.78 is 48.6. The second-order valence-corrected chi connectivity index (χ2v) is 17.0. The van der Waals surface area contributed by atoms with Crippen LogP contribution in [-0.2, 0) is 24.1 Å². The van der Waals surface area contributed by atoms with Crippen molar-refractivity contribution in [3.8, 4) is 0 Å². The topological polar surface area (TPSA) is 206 Å². The number of hydrogen-bond donors (Lipinski definition) is 6. The van der Waals surface area contributed by atoms with Gasteiger partial charge in [-0.2, -0.15) is 0 Å². The van der Waals surface area contributed by atoms with Crippen molar-refractivity contribution in [1.29, 1.82) is 0 Å². The van der Waals surface area contributed by atoms with Gasteiger partial charge in [-0.05, 0) is 84.9 Å². The Morgan fingerprint density at radius 3 is 2.26 bits per heavy atom. The van der Waals surface area contributed by atoms with Crippen LogP contribution in [0.2, 0.25) is 0 Å². The second-order valence-electron chi connectivity index (χ2n) is 15.9. The molecule has 0 bridgehead atoms. The summed E-state index contributed by atoms with van der Waals surface area (Å²) in [6.45, 7) is 9.85. The summed E-state index contributed by atoms with van der Waals surface area (Å²) in [5.74, 6) is -0.809. The van der Waals surface area contributed by atoms with E-state index >= 15 is 0 Å². The van der Waals surface area contributed by atoms with Gasteiger partial charge in [0, 0.05) is 12.3 Å². The average molecular weight is 699 g/mol. The molecular formula is C33H55NaO12S. The molecule has 5 fully saturated rings. The molecule has 5 aliphatic rings. The van der Waals surface area contributed by atoms with Gasteiger partial charge in [0.1, 0.15) is 18.3 Å². The number of aliphatic hydroxyl groups excluding tert-OH is 5. The molecular weight excluding hydrogens is 643 g/mol. The molecule has 12 nitrogen and oxygen atoms in total. The molecule has 0 aromatic carbocycles. The van der Waals surface area contributed by atoms with Crippen LogP contribution in [0.4, 0.5) is 0 Å². The molecule has 0 aromatic heterocycles. The van der Waals surface area contributed by atoms with E-state index in [-0.39, 0.29) is 96.2 Å². The molecule has 4 aliphatic carbocycles. The molecule has 47 heavy (non-hydrogen) atoms. The van der Waals surface area contributed by atoms with Crippen LogP contribution in [0.1, 0.15) is 79.6 Å². The Labute approximate surface area is 301 Å². The minimum Gasteiger partial charge on any atom is -0.726 e. The van der Waals surface area contributed by atoms with Crippen LogP contribution >= 0.6 is 0 Å². The third kappa shape index (κ3) is 7.60. The van der Waals surface area contributed by atoms with Gasteiger partial charge >= 0.3 is 29.6 Å². The van der Waals surface area contributed by atoms with Crippen molar-refractivity contribution in [1.82, 2.24) is 0 Å². The molecule has 1 unspecified atom stereocenters. The van der Waals surface area contributed by atoms with Crippen LogP contribution < -0.4 is 29.6 Å². The van der Waals surface area contributed by atoms with Crippen LogP contribution in [0.3, 0.4) is 0 Å². The molecule has 6 N–H and O–H groups in total. The summed E-state index contributed by atoms with van der Waals surface area (Å²) in [7, 11) is -4.75. The summed E-state index contributed by atoms with van der Waals surface area (Å²) in [5, 5.41) is 66.2. The first kappa shape index (κ1) is 40.1. The van der Waals surface area contributed by atoms with E-state index in [0.29, 0.717) is 25.7 Å². The second kappa shape index (κ2) is 14.7. The fraction of sp³-hybridized carbons (Fsp3) is 0.939. The van der Waals surface area contributed by atoms with Crippen molar-refractivity contribution in [2.24, 2.45) is 52.3 Å². The molecule has 1 heterocycles. The van der Waals surface area contributed by atoms with E-state index in [4.69, 9.17) is 9.47 Å². The summed E-state index contributed by atoms with van der Waals surface area (Å²) >= 11 is 0. The maximum Gasteiger partial charge on any atom is 1.00 e. The van der Waals surface area contributed by atoms with E-state index in [9.17, 15) is 43.6 Å². The molecule has 0 aromatic rings. The standard InChI is InChI=1S/C33H56O12S.Na/c1-17(19(3)15-44-46(40,41)42)6-7-18(2)21-13-23(34)29-32(21,5)11-9-26-31(4)10-8-20(12-22(31)24(35)14-33(26,29)39)45-30-28(38)27(37)25(36)16-43-30;/h6-7,17-30,34-39H,8-16H2,1-5H3,(H,40,41,42);/q;+1/p-1/b7-6+;/t17-,18-,19-,20+,21-,22-,23+,24-,25-,26-,27?,28+,29-,30+,31+,32-,33+;/m1./s1. The van der Waals surface area contributed by atoms with E-state index in [1.807, 2.05) is 19.9 Å². The Balaban J connectivity index is 0.00000500. The molecule has 0 radical (unpaired) electrons. The van der Waals surface area contributed by atoms with E-state index in [1.54, 1.807) is 0 Å². The third-order valence-corrected chi connectivity index (χ3v) is 13.6. The number of ether oxygens (including phenoxy) is 2. The van der Waals surface area contributed by atoms with E-state index < -0.39 is 64.1 Å². The molecule has 17 atom stereocenters. The molecule has 14 heteroatoms. The molecule has 4 saturated carbocycles. The number of rotatable bonds is 9. The Morgan fingerprint density at radius 1 is 0.936 bits per heavy atom. The van der Waals surface area contributed by atoms with Gasteiger partial charge in [-0.15, -0.1) is 0 Å². The van der Waals surface area contributed by atoms with Crippen LogP contribution in [0.5, 0.6) is 0 Å². The summed E-state index contributed by atoms with van der Waals surface area (Å²) in [6.07, 6.45) is 1.29. The number of fused-ring (bicyclic) bond motifs is 5. The molecule has 1 aliphatic heterocycles. The average Bonchev–Trinajstić information content (AvgIpc) is 3.25. The predicted molar refractivity (Wildman–Crippen MR) is 164 cm³/mol. The smallest absolute Gasteiger partial charge is 0.726 e. The fourth-order valence-electron chi connectivity index (χ4n) is 10.6. The summed E-state index contributed by atoms with van der Waals surface area (Å²) in [4.78, 5) is 0. The van der Waals surface area contributed by atoms with Crippen molar-refractivity contribution >= 4 is 10.4 Å². The maximum absolute atomic E-state index is 12.6. The Bertz CT molecular complexity index is 1220. The van der Waals surface area contributed by atoms with E-state index in [2.05, 4.69) is 31.0 Å². The van der Waals surface area contributed by atoms with Crippen LogP contribution in [0.15, 0.2) is 12.2 Å². The maximum atomic E-state index is 12.6. The minimum atomic E-state index is -4.75. The van der Waals surface area contributed by atoms with Gasteiger partial charge < -0.3 is 44.7 Å². The largest absolute Gasteiger partial charge is 1.00 e. The molecule has 1 saturated heterocycles. The van der Waals surface area contributed by atoms with Crippen LogP contribution in [-0.4, -0.2) is 105 Å². The van der Waals surface area contributed by atoms with Gasteiger partial charge in [-0.25, -0.2) is 8.42 Å². The zero-order valence-corrected chi connectivity index (χ0v) is 31.5. The minimum absolute atomic E-state index is 0. The van der Waals surface area contributed by atoms with Crippen molar-refractivity contribution < 1.29 is 86.8 Å². The normalized spacial score (nSPS) is 48.9. The summed E-state index contributed by atoms with van der Waals surface area (Å²) in [6, 6.07) is 0. The van der Waals surface area contributed by atoms with Gasteiger partial charge in [-0.3, -0.25) is 4.18 Å². The van der Waals surface area contributed by atoms with Gasteiger partial charge in [0.05, 0.1) is 37.1 Å². The van der Waals surface area contributed by atoms with Gasteiger partial charge in [0.25, 0.3) is 0 Å². The third-order valence-electron chi connectivity index (χ3n) is 13.2. The van der Waals surface area contributed by atoms with Crippen LogP contribution in [0, 0.1) is 52.3 Å². The first-order valence-corrected chi connectivity index (χ1v) is 18.3. The first-order valence-electron chi connectivity index (χ1n) is 17.0. The zero-order chi connectivity index (χ0) is 34.0. The number of hydrogen-bond acceptors (Lipinski definition) is 12. The summed E-state index contributed by atoms with van der Waals surface area (Å²) in [5.41, 5.74) is -2.02. The van der Waals surface area contributed by atoms with Crippen LogP contribution in [0.25, 0.3) is 0 Å². The van der Waals surface area contributed by atoms with Crippen molar-refractivity contribution in [2.45, 2.75) is 128 Å². The SMILES string of the molecule is C[C@H](/C=C/[C@@H](C)[C@H]1C[C@H](O)[C@@H]2[C@]1(C)CC[C@@H]1[C@@]3(C)CC[C@H](O[C@@H]4OC[C@@H](O)C(O)[C@@H]4O)C[C@@H]3[C@H](O)C[C@]12O)[C@H](C)COS(=O)(=O)[O-].[Na+]. The quantitative estimate of drug-likeness (QED) is 0.0534. The van der Waals surface area contributed by atoms with Crippen molar-refractivity contribution in [2.75, 3.05) is 13.2 Å². The van der Waals surface area contributed by atoms with E-state index in [0.717, 1.165) is 12.8 Å². The fourth-order valence-corrected chi connectivity index (χ4v) is 10.9. The molecule has 5 rings (SSSR count). The molecule has 266 valence electrons. The number of aliphatic hydroxyl groups is 6. The zero-order valence-electron chi connectivity index (χ0n) is 28.6. The monoisotopic (exact) mass is 698 g/mol.